The van der Waals surface area contributed by atoms with Gasteiger partial charge < -0.3 is 8.23 Å². The van der Waals surface area contributed by atoms with Gasteiger partial charge in [-0.25, -0.2) is 0 Å². The molecule has 5 heteroatoms. The summed E-state index contributed by atoms with van der Waals surface area (Å²) >= 11 is 0. The molecule has 89 valence electrons. The second-order valence-corrected chi connectivity index (χ2v) is 7.97. The Morgan fingerprint density at radius 2 is 1.31 bits per heavy atom. The number of hydrogen-bond acceptors (Lipinski definition) is 2. The predicted octanol–water partition coefficient (Wildman–Crippen LogP) is 3.15. The van der Waals surface area contributed by atoms with E-state index in [9.17, 15) is 0 Å². The van der Waals surface area contributed by atoms with Crippen LogP contribution in [0.4, 0.5) is 0 Å². The van der Waals surface area contributed by atoms with Crippen LogP contribution in [0.3, 0.4) is 0 Å². The van der Waals surface area contributed by atoms with Crippen LogP contribution in [0.15, 0.2) is 23.3 Å². The maximum atomic E-state index is 5.65. The maximum absolute atomic E-state index is 5.65. The molecule has 0 aromatic heterocycles. The molecular weight excluding hydrogens is 248 g/mol. The lowest BCUT2D eigenvalue weighted by Gasteiger charge is -2.08. The van der Waals surface area contributed by atoms with E-state index in [0.29, 0.717) is 19.5 Å². The lowest BCUT2D eigenvalue weighted by molar-refractivity contribution is 0.463. The van der Waals surface area contributed by atoms with E-state index in [-0.39, 0.29) is 0 Å². The molecule has 16 heavy (non-hydrogen) atoms. The second kappa shape index (κ2) is 10.2. The molecule has 0 aromatic carbocycles. The van der Waals surface area contributed by atoms with Crippen LogP contribution in [-0.2, 0) is 8.23 Å². The smallest absolute Gasteiger partial charge is 0.358 e. The molecule has 0 aliphatic rings. The molecule has 0 unspecified atom stereocenters. The largest absolute Gasteiger partial charge is 0.435 e. The molecule has 0 fully saturated rings. The molecule has 0 saturated carbocycles. The summed E-state index contributed by atoms with van der Waals surface area (Å²) in [6.07, 6.45) is 4.41. The van der Waals surface area contributed by atoms with Crippen molar-refractivity contribution in [3.05, 3.63) is 23.3 Å². The lowest BCUT2D eigenvalue weighted by atomic mass is 10.3. The van der Waals surface area contributed by atoms with Crippen molar-refractivity contribution in [3.8, 4) is 0 Å². The summed E-state index contributed by atoms with van der Waals surface area (Å²) in [7, 11) is 0.0720. The molecule has 0 rings (SSSR count). The zero-order valence-corrected chi connectivity index (χ0v) is 13.9. The van der Waals surface area contributed by atoms with Crippen molar-refractivity contribution in [3.63, 3.8) is 0 Å². The molecule has 0 atom stereocenters. The summed E-state index contributed by atoms with van der Waals surface area (Å²) in [5.74, 6) is 0. The van der Waals surface area contributed by atoms with Crippen molar-refractivity contribution in [2.45, 2.75) is 46.3 Å². The quantitative estimate of drug-likeness (QED) is 0.383. The monoisotopic (exact) mass is 269 g/mol. The highest BCUT2D eigenvalue weighted by Gasteiger charge is 2.07. The molecule has 0 saturated heterocycles. The zero-order valence-electron chi connectivity index (χ0n) is 10.9. The Balaban J connectivity index is 3.41. The standard InChI is InChI=1S/C11H21O2Si3/c1-10(2)6-8-14-12-16(5)13-15-9-7-11(3)4/h6-7H,8-9H2,1-5H3. The first-order valence-corrected chi connectivity index (χ1v) is 9.46. The molecule has 2 nitrogen and oxygen atoms in total. The Kier molecular flexibility index (Phi) is 10.3. The highest BCUT2D eigenvalue weighted by molar-refractivity contribution is 6.57. The topological polar surface area (TPSA) is 18.5 Å². The van der Waals surface area contributed by atoms with E-state index in [1.807, 2.05) is 0 Å². The number of rotatable bonds is 8. The van der Waals surface area contributed by atoms with Crippen molar-refractivity contribution in [2.75, 3.05) is 0 Å². The SMILES string of the molecule is CC(C)=CC[Si]O[Si](C)O[Si]CC=C(C)C. The van der Waals surface area contributed by atoms with Gasteiger partial charge in [0.15, 0.2) is 0 Å². The highest BCUT2D eigenvalue weighted by atomic mass is 28.4. The first-order chi connectivity index (χ1) is 7.52. The molecule has 5 radical (unpaired) electrons. The first-order valence-electron chi connectivity index (χ1n) is 5.42. The van der Waals surface area contributed by atoms with Gasteiger partial charge in [-0.2, -0.15) is 0 Å². The van der Waals surface area contributed by atoms with E-state index in [0.717, 1.165) is 12.1 Å². The summed E-state index contributed by atoms with van der Waals surface area (Å²) in [6, 6.07) is 2.04. The fourth-order valence-corrected chi connectivity index (χ4v) is 4.62. The van der Waals surface area contributed by atoms with E-state index in [2.05, 4.69) is 46.4 Å². The van der Waals surface area contributed by atoms with Crippen LogP contribution in [-0.4, -0.2) is 28.8 Å². The normalized spacial score (nSPS) is 10.4. The predicted molar refractivity (Wildman–Crippen MR) is 73.8 cm³/mol. The van der Waals surface area contributed by atoms with Gasteiger partial charge in [0.05, 0.1) is 0 Å². The minimum atomic E-state index is -1.02. The van der Waals surface area contributed by atoms with Crippen LogP contribution in [0.5, 0.6) is 0 Å². The second-order valence-electron chi connectivity index (χ2n) is 3.96. The van der Waals surface area contributed by atoms with E-state index < -0.39 is 9.28 Å². The summed E-state index contributed by atoms with van der Waals surface area (Å²) in [6.45, 7) is 10.5. The molecule has 0 amide bonds. The van der Waals surface area contributed by atoms with Gasteiger partial charge in [0.2, 0.25) is 19.5 Å². The third-order valence-corrected chi connectivity index (χ3v) is 5.82. The van der Waals surface area contributed by atoms with Crippen LogP contribution >= 0.6 is 0 Å². The summed E-state index contributed by atoms with van der Waals surface area (Å²) in [4.78, 5) is 0. The zero-order chi connectivity index (χ0) is 12.4. The van der Waals surface area contributed by atoms with Crippen molar-refractivity contribution in [2.24, 2.45) is 0 Å². The summed E-state index contributed by atoms with van der Waals surface area (Å²) < 4.78 is 11.3. The van der Waals surface area contributed by atoms with Gasteiger partial charge in [-0.15, -0.1) is 0 Å². The summed E-state index contributed by atoms with van der Waals surface area (Å²) in [5, 5.41) is 0. The van der Waals surface area contributed by atoms with Crippen LogP contribution in [0, 0.1) is 0 Å². The van der Waals surface area contributed by atoms with Gasteiger partial charge in [0.25, 0.3) is 0 Å². The Bertz CT molecular complexity index is 207. The third-order valence-electron chi connectivity index (χ3n) is 1.62. The number of hydrogen-bond donors (Lipinski definition) is 0. The van der Waals surface area contributed by atoms with Crippen LogP contribution in [0.2, 0.25) is 18.6 Å². The molecule has 0 bridgehead atoms. The Labute approximate surface area is 107 Å². The summed E-state index contributed by atoms with van der Waals surface area (Å²) in [5.41, 5.74) is 2.71. The van der Waals surface area contributed by atoms with Gasteiger partial charge in [-0.3, -0.25) is 0 Å². The van der Waals surface area contributed by atoms with Gasteiger partial charge in [0.1, 0.15) is 0 Å². The van der Waals surface area contributed by atoms with E-state index in [1.54, 1.807) is 0 Å². The van der Waals surface area contributed by atoms with Gasteiger partial charge in [-0.05, 0) is 46.3 Å². The highest BCUT2D eigenvalue weighted by Crippen LogP contribution is 1.97. The van der Waals surface area contributed by atoms with Crippen LogP contribution < -0.4 is 0 Å². The van der Waals surface area contributed by atoms with Gasteiger partial charge >= 0.3 is 9.28 Å². The maximum Gasteiger partial charge on any atom is 0.358 e. The minimum Gasteiger partial charge on any atom is -0.435 e. The minimum absolute atomic E-state index is 0.545. The van der Waals surface area contributed by atoms with Gasteiger partial charge in [-0.1, -0.05) is 23.3 Å². The fourth-order valence-electron chi connectivity index (χ4n) is 0.799. The van der Waals surface area contributed by atoms with Crippen molar-refractivity contribution in [1.29, 1.82) is 0 Å². The van der Waals surface area contributed by atoms with Gasteiger partial charge in [0, 0.05) is 0 Å². The van der Waals surface area contributed by atoms with E-state index in [1.165, 1.54) is 11.1 Å². The Morgan fingerprint density at radius 3 is 1.62 bits per heavy atom. The first kappa shape index (κ1) is 16.1. The molecule has 0 spiro atoms. The average molecular weight is 270 g/mol. The lowest BCUT2D eigenvalue weighted by Crippen LogP contribution is -2.22. The molecule has 0 N–H and O–H groups in total. The van der Waals surface area contributed by atoms with Crippen molar-refractivity contribution >= 4 is 28.8 Å². The third kappa shape index (κ3) is 12.1. The molecule has 0 heterocycles. The molecule has 0 aliphatic carbocycles. The molecule has 0 aliphatic heterocycles. The Morgan fingerprint density at radius 1 is 0.938 bits per heavy atom. The van der Waals surface area contributed by atoms with E-state index in [4.69, 9.17) is 8.23 Å². The van der Waals surface area contributed by atoms with Crippen LogP contribution in [0.1, 0.15) is 27.7 Å². The fraction of sp³-hybridized carbons (Fsp3) is 0.636. The molecular formula is C11H21O2Si3. The van der Waals surface area contributed by atoms with Crippen molar-refractivity contribution < 1.29 is 8.23 Å². The van der Waals surface area contributed by atoms with Crippen molar-refractivity contribution in [1.82, 2.24) is 0 Å². The van der Waals surface area contributed by atoms with Crippen LogP contribution in [0.25, 0.3) is 0 Å². The average Bonchev–Trinajstić information content (AvgIpc) is 2.19. The number of allylic oxidation sites excluding steroid dienone is 4. The Hall–Kier alpha value is 0.0506. The van der Waals surface area contributed by atoms with E-state index >= 15 is 0 Å². The molecule has 0 aromatic rings.